The molecule has 0 N–H and O–H groups in total. The van der Waals surface area contributed by atoms with Gasteiger partial charge in [-0.3, -0.25) is 10.1 Å². The maximum absolute atomic E-state index is 11.6. The van der Waals surface area contributed by atoms with E-state index in [2.05, 4.69) is 39.9 Å². The summed E-state index contributed by atoms with van der Waals surface area (Å²) in [6, 6.07) is 9.88. The van der Waals surface area contributed by atoms with Crippen LogP contribution in [0.2, 0.25) is 0 Å². The van der Waals surface area contributed by atoms with Gasteiger partial charge >= 0.3 is 0 Å². The molecule has 0 saturated carbocycles. The number of aromatic nitrogens is 1. The number of benzene rings is 2. The Morgan fingerprint density at radius 3 is 2.41 bits per heavy atom. The van der Waals surface area contributed by atoms with Crippen LogP contribution in [-0.4, -0.2) is 30.3 Å². The van der Waals surface area contributed by atoms with Gasteiger partial charge in [-0.1, -0.05) is 40.2 Å². The number of hydrogen-bond acceptors (Lipinski definition) is 4. The molecular formula is C25H27BrN2O4. The van der Waals surface area contributed by atoms with E-state index >= 15 is 0 Å². The molecule has 0 aliphatic carbocycles. The molecule has 0 amide bonds. The van der Waals surface area contributed by atoms with Gasteiger partial charge in [-0.2, -0.15) is 0 Å². The average molecular weight is 499 g/mol. The van der Waals surface area contributed by atoms with E-state index in [4.69, 9.17) is 9.47 Å². The van der Waals surface area contributed by atoms with Crippen molar-refractivity contribution in [2.45, 2.75) is 25.3 Å². The zero-order valence-corrected chi connectivity index (χ0v) is 19.9. The Hall–Kier alpha value is -3.06. The van der Waals surface area contributed by atoms with Crippen LogP contribution >= 0.6 is 15.9 Å². The van der Waals surface area contributed by atoms with Gasteiger partial charge in [0.2, 0.25) is 6.54 Å². The van der Waals surface area contributed by atoms with Gasteiger partial charge in [0, 0.05) is 39.3 Å². The highest BCUT2D eigenvalue weighted by molar-refractivity contribution is 9.10. The van der Waals surface area contributed by atoms with Crippen molar-refractivity contribution in [3.8, 4) is 22.6 Å². The van der Waals surface area contributed by atoms with Crippen molar-refractivity contribution in [1.82, 2.24) is 4.57 Å². The van der Waals surface area contributed by atoms with E-state index in [0.717, 1.165) is 32.1 Å². The zero-order valence-electron chi connectivity index (χ0n) is 18.3. The lowest BCUT2D eigenvalue weighted by Gasteiger charge is -2.20. The molecule has 0 fully saturated rings. The van der Waals surface area contributed by atoms with E-state index in [9.17, 15) is 10.1 Å². The zero-order chi connectivity index (χ0) is 23.3. The molecule has 6 nitrogen and oxygen atoms in total. The highest BCUT2D eigenvalue weighted by Crippen LogP contribution is 2.46. The number of fused-ring (bicyclic) bond motifs is 1. The number of methoxy groups -OCH3 is 2. The molecule has 32 heavy (non-hydrogen) atoms. The molecule has 0 bridgehead atoms. The third-order valence-electron chi connectivity index (χ3n) is 5.53. The standard InChI is InChI=1S/C25H27BrN2O4/c1-5-7-8-18(15-28(29)30)23-21(31-3)14-22(32-4)24-20(16-27(13-6-2)25(23)24)17-9-11-19(26)12-10-17/h5-6,9-12,14,16,18H,1-2,7-8,13,15H2,3-4H3. The summed E-state index contributed by atoms with van der Waals surface area (Å²) in [5.41, 5.74) is 3.69. The molecule has 0 spiro atoms. The van der Waals surface area contributed by atoms with Gasteiger partial charge in [-0.15, -0.1) is 13.2 Å². The Labute approximate surface area is 196 Å². The van der Waals surface area contributed by atoms with Crippen LogP contribution in [0.25, 0.3) is 22.0 Å². The first-order valence-corrected chi connectivity index (χ1v) is 11.1. The summed E-state index contributed by atoms with van der Waals surface area (Å²) in [4.78, 5) is 11.3. The maximum Gasteiger partial charge on any atom is 0.210 e. The minimum atomic E-state index is -0.345. The molecule has 0 radical (unpaired) electrons. The summed E-state index contributed by atoms with van der Waals surface area (Å²) >= 11 is 3.49. The van der Waals surface area contributed by atoms with Gasteiger partial charge < -0.3 is 14.0 Å². The van der Waals surface area contributed by atoms with E-state index in [1.807, 2.05) is 36.4 Å². The van der Waals surface area contributed by atoms with Gasteiger partial charge in [-0.25, -0.2) is 0 Å². The molecule has 3 aromatic rings. The Balaban J connectivity index is 2.42. The van der Waals surface area contributed by atoms with Crippen LogP contribution in [0.3, 0.4) is 0 Å². The lowest BCUT2D eigenvalue weighted by molar-refractivity contribution is -0.483. The molecule has 1 unspecified atom stereocenters. The molecular weight excluding hydrogens is 472 g/mol. The van der Waals surface area contributed by atoms with Crippen molar-refractivity contribution in [2.75, 3.05) is 20.8 Å². The fourth-order valence-corrected chi connectivity index (χ4v) is 4.43. The second kappa shape index (κ2) is 10.5. The number of nitro groups is 1. The molecule has 7 heteroatoms. The van der Waals surface area contributed by atoms with Crippen molar-refractivity contribution in [2.24, 2.45) is 0 Å². The minimum Gasteiger partial charge on any atom is -0.496 e. The van der Waals surface area contributed by atoms with E-state index < -0.39 is 0 Å². The van der Waals surface area contributed by atoms with E-state index in [1.54, 1.807) is 20.3 Å². The number of halogens is 1. The van der Waals surface area contributed by atoms with Crippen LogP contribution in [0.1, 0.15) is 24.3 Å². The molecule has 0 aliphatic heterocycles. The first kappa shape index (κ1) is 23.6. The van der Waals surface area contributed by atoms with Crippen LogP contribution in [0.15, 0.2) is 66.3 Å². The van der Waals surface area contributed by atoms with E-state index in [-0.39, 0.29) is 17.4 Å². The second-order valence-electron chi connectivity index (χ2n) is 7.49. The second-order valence-corrected chi connectivity index (χ2v) is 8.40. The molecule has 2 aromatic carbocycles. The smallest absolute Gasteiger partial charge is 0.210 e. The van der Waals surface area contributed by atoms with E-state index in [0.29, 0.717) is 30.9 Å². The monoisotopic (exact) mass is 498 g/mol. The highest BCUT2D eigenvalue weighted by atomic mass is 79.9. The highest BCUT2D eigenvalue weighted by Gasteiger charge is 2.29. The van der Waals surface area contributed by atoms with Crippen LogP contribution in [0, 0.1) is 10.1 Å². The van der Waals surface area contributed by atoms with Gasteiger partial charge in [0.15, 0.2) is 0 Å². The molecule has 1 atom stereocenters. The molecule has 3 rings (SSSR count). The van der Waals surface area contributed by atoms with Gasteiger partial charge in [0.1, 0.15) is 11.5 Å². The lowest BCUT2D eigenvalue weighted by Crippen LogP contribution is -2.15. The van der Waals surface area contributed by atoms with Gasteiger partial charge in [0.05, 0.1) is 31.0 Å². The van der Waals surface area contributed by atoms with Crippen molar-refractivity contribution < 1.29 is 14.4 Å². The number of hydrogen-bond donors (Lipinski definition) is 0. The Kier molecular flexibility index (Phi) is 7.75. The molecule has 1 heterocycles. The van der Waals surface area contributed by atoms with E-state index in [1.165, 1.54) is 0 Å². The number of nitrogens with zero attached hydrogens (tertiary/aromatic N) is 2. The summed E-state index contributed by atoms with van der Waals surface area (Å²) in [6.07, 6.45) is 6.91. The molecule has 168 valence electrons. The topological polar surface area (TPSA) is 66.5 Å². The summed E-state index contributed by atoms with van der Waals surface area (Å²) in [5, 5.41) is 12.5. The van der Waals surface area contributed by atoms with Crippen LogP contribution in [0.4, 0.5) is 0 Å². The first-order valence-electron chi connectivity index (χ1n) is 10.3. The largest absolute Gasteiger partial charge is 0.496 e. The Bertz CT molecular complexity index is 1140. The van der Waals surface area contributed by atoms with Gasteiger partial charge in [-0.05, 0) is 30.5 Å². The quantitative estimate of drug-likeness (QED) is 0.169. The molecule has 0 aliphatic rings. The SMILES string of the molecule is C=CCCC(C[N+](=O)[O-])c1c(OC)cc(OC)c2c(-c3ccc(Br)cc3)cn(CC=C)c12. The fourth-order valence-electron chi connectivity index (χ4n) is 4.16. The number of allylic oxidation sites excluding steroid dienone is 2. The van der Waals surface area contributed by atoms with Crippen molar-refractivity contribution >= 4 is 26.8 Å². The van der Waals surface area contributed by atoms with Gasteiger partial charge in [0.25, 0.3) is 0 Å². The number of rotatable bonds is 11. The summed E-state index contributed by atoms with van der Waals surface area (Å²) in [6.45, 7) is 8.04. The van der Waals surface area contributed by atoms with Crippen LogP contribution in [-0.2, 0) is 6.54 Å². The third kappa shape index (κ3) is 4.72. The maximum atomic E-state index is 11.6. The lowest BCUT2D eigenvalue weighted by atomic mass is 9.90. The summed E-state index contributed by atoms with van der Waals surface area (Å²) < 4.78 is 14.6. The molecule has 1 aromatic heterocycles. The van der Waals surface area contributed by atoms with Crippen molar-refractivity contribution in [3.63, 3.8) is 0 Å². The third-order valence-corrected chi connectivity index (χ3v) is 6.05. The fraction of sp³-hybridized carbons (Fsp3) is 0.280. The predicted molar refractivity (Wildman–Crippen MR) is 132 cm³/mol. The van der Waals surface area contributed by atoms with Crippen molar-refractivity contribution in [3.05, 3.63) is 82.0 Å². The average Bonchev–Trinajstić information content (AvgIpc) is 3.15. The summed E-state index contributed by atoms with van der Waals surface area (Å²) in [7, 11) is 3.20. The van der Waals surface area contributed by atoms with Crippen molar-refractivity contribution in [1.29, 1.82) is 0 Å². The predicted octanol–water partition coefficient (Wildman–Crippen LogP) is 6.60. The number of ether oxygens (including phenoxy) is 2. The minimum absolute atomic E-state index is 0.196. The Morgan fingerprint density at radius 1 is 1.16 bits per heavy atom. The normalized spacial score (nSPS) is 11.8. The Morgan fingerprint density at radius 2 is 1.84 bits per heavy atom. The van der Waals surface area contributed by atoms with Crippen LogP contribution in [0.5, 0.6) is 11.5 Å². The first-order chi connectivity index (χ1) is 15.4. The van der Waals surface area contributed by atoms with Crippen LogP contribution < -0.4 is 9.47 Å². The summed E-state index contributed by atoms with van der Waals surface area (Å²) in [5.74, 6) is 0.892. The molecule has 0 saturated heterocycles.